The van der Waals surface area contributed by atoms with Crippen LogP contribution in [0.5, 0.6) is 5.75 Å². The maximum atomic E-state index is 13.4. The summed E-state index contributed by atoms with van der Waals surface area (Å²) in [5.41, 5.74) is 6.48. The van der Waals surface area contributed by atoms with Gasteiger partial charge in [0, 0.05) is 18.7 Å². The van der Waals surface area contributed by atoms with Gasteiger partial charge in [-0.3, -0.25) is 13.9 Å². The van der Waals surface area contributed by atoms with E-state index in [0.29, 0.717) is 16.9 Å². The highest BCUT2D eigenvalue weighted by molar-refractivity contribution is 7.93. The number of carbonyl (C=O) groups excluding carboxylic acids is 3. The van der Waals surface area contributed by atoms with Crippen LogP contribution in [-0.4, -0.2) is 89.1 Å². The minimum absolute atomic E-state index is 0.00487. The minimum Gasteiger partial charge on any atom is -0.489 e. The van der Waals surface area contributed by atoms with Crippen molar-refractivity contribution in [1.29, 1.82) is 0 Å². The van der Waals surface area contributed by atoms with E-state index in [9.17, 15) is 22.8 Å². The third-order valence-electron chi connectivity index (χ3n) is 7.06. The summed E-state index contributed by atoms with van der Waals surface area (Å²) in [6, 6.07) is 11.4. The number of benzene rings is 2. The van der Waals surface area contributed by atoms with Gasteiger partial charge in [-0.25, -0.2) is 13.2 Å². The predicted molar refractivity (Wildman–Crippen MR) is 183 cm³/mol. The Hall–Kier alpha value is -4.14. The van der Waals surface area contributed by atoms with Crippen LogP contribution >= 0.6 is 11.6 Å². The van der Waals surface area contributed by atoms with Crippen LogP contribution in [0.4, 0.5) is 10.5 Å². The van der Waals surface area contributed by atoms with E-state index < -0.39 is 46.0 Å². The number of nitrogens with zero attached hydrogens (tertiary/aromatic N) is 3. The highest BCUT2D eigenvalue weighted by atomic mass is 35.5. The Kier molecular flexibility index (Phi) is 13.8. The monoisotopic (exact) mass is 706 g/mol. The lowest BCUT2D eigenvalue weighted by molar-refractivity contribution is -0.161. The minimum atomic E-state index is -4.19. The van der Waals surface area contributed by atoms with Crippen molar-refractivity contribution >= 4 is 57.3 Å². The molecule has 2 aromatic rings. The number of amidine groups is 1. The van der Waals surface area contributed by atoms with E-state index in [0.717, 1.165) is 30.2 Å². The molecule has 1 aliphatic heterocycles. The first-order valence-corrected chi connectivity index (χ1v) is 17.3. The van der Waals surface area contributed by atoms with Crippen molar-refractivity contribution < 1.29 is 41.7 Å². The number of hydrogen-bond acceptors (Lipinski definition) is 10. The Morgan fingerprint density at radius 3 is 2.44 bits per heavy atom. The molecule has 1 aliphatic rings. The number of amides is 1. The zero-order chi connectivity index (χ0) is 35.5. The molecule has 48 heavy (non-hydrogen) atoms. The molecule has 2 aromatic carbocycles. The normalized spacial score (nSPS) is 14.8. The van der Waals surface area contributed by atoms with Gasteiger partial charge in [-0.2, -0.15) is 4.99 Å². The van der Waals surface area contributed by atoms with Gasteiger partial charge in [0.05, 0.1) is 29.3 Å². The molecule has 0 radical (unpaired) electrons. The summed E-state index contributed by atoms with van der Waals surface area (Å²) in [6.07, 6.45) is 3.87. The lowest BCUT2D eigenvalue weighted by atomic mass is 9.98. The lowest BCUT2D eigenvalue weighted by Crippen LogP contribution is -2.36. The summed E-state index contributed by atoms with van der Waals surface area (Å²) in [5, 5.41) is 0.236. The number of piperidine rings is 1. The van der Waals surface area contributed by atoms with E-state index in [1.54, 1.807) is 76.2 Å². The summed E-state index contributed by atoms with van der Waals surface area (Å²) in [5.74, 6) is -2.00. The first-order valence-electron chi connectivity index (χ1n) is 15.3. The number of ether oxygens (including phenoxy) is 4. The summed E-state index contributed by atoms with van der Waals surface area (Å²) < 4.78 is 48.6. The van der Waals surface area contributed by atoms with Crippen LogP contribution in [0.25, 0.3) is 6.08 Å². The second-order valence-electron chi connectivity index (χ2n) is 12.1. The Bertz CT molecular complexity index is 1610. The highest BCUT2D eigenvalue weighted by Gasteiger charge is 2.27. The second kappa shape index (κ2) is 17.3. The Labute approximate surface area is 286 Å². The number of aliphatic imine (C=N–C) groups is 1. The molecule has 0 bridgehead atoms. The quantitative estimate of drug-likeness (QED) is 0.134. The van der Waals surface area contributed by atoms with Crippen LogP contribution in [0.3, 0.4) is 0 Å². The van der Waals surface area contributed by atoms with Gasteiger partial charge < -0.3 is 29.6 Å². The molecule has 0 spiro atoms. The van der Waals surface area contributed by atoms with Gasteiger partial charge in [0.2, 0.25) is 16.8 Å². The lowest BCUT2D eigenvalue weighted by Gasteiger charge is -2.30. The number of halogens is 1. The van der Waals surface area contributed by atoms with E-state index >= 15 is 0 Å². The summed E-state index contributed by atoms with van der Waals surface area (Å²) in [6.45, 7) is 7.65. The Morgan fingerprint density at radius 1 is 1.08 bits per heavy atom. The maximum absolute atomic E-state index is 13.4. The first kappa shape index (κ1) is 38.3. The molecule has 2 N–H and O–H groups in total. The molecule has 3 rings (SSSR count). The molecular weight excluding hydrogens is 664 g/mol. The van der Waals surface area contributed by atoms with Crippen molar-refractivity contribution in [2.45, 2.75) is 46.6 Å². The van der Waals surface area contributed by atoms with E-state index in [2.05, 4.69) is 16.9 Å². The summed E-state index contributed by atoms with van der Waals surface area (Å²) in [7, 11) is -2.14. The van der Waals surface area contributed by atoms with Gasteiger partial charge >= 0.3 is 18.0 Å². The van der Waals surface area contributed by atoms with E-state index in [4.69, 9.17) is 36.3 Å². The molecule has 0 atom stereocenters. The van der Waals surface area contributed by atoms with Crippen LogP contribution < -0.4 is 14.8 Å². The molecule has 0 saturated carbocycles. The summed E-state index contributed by atoms with van der Waals surface area (Å²) >= 11 is 6.56. The third kappa shape index (κ3) is 11.8. The van der Waals surface area contributed by atoms with E-state index in [1.807, 2.05) is 0 Å². The van der Waals surface area contributed by atoms with Gasteiger partial charge in [-0.1, -0.05) is 42.0 Å². The van der Waals surface area contributed by atoms with Crippen LogP contribution in [0.2, 0.25) is 5.02 Å². The van der Waals surface area contributed by atoms with Crippen molar-refractivity contribution in [1.82, 2.24) is 4.90 Å². The fourth-order valence-corrected chi connectivity index (χ4v) is 5.97. The average Bonchev–Trinajstić information content (AvgIpc) is 3.00. The zero-order valence-electron chi connectivity index (χ0n) is 27.8. The fourth-order valence-electron chi connectivity index (χ4n) is 4.46. The number of hydrogen-bond donors (Lipinski definition) is 1. The number of nitrogens with two attached hydrogens (primary N) is 1. The topological polar surface area (TPSA) is 167 Å². The summed E-state index contributed by atoms with van der Waals surface area (Å²) in [4.78, 5) is 42.0. The smallest absolute Gasteiger partial charge is 0.438 e. The van der Waals surface area contributed by atoms with Crippen molar-refractivity contribution in [3.63, 3.8) is 0 Å². The van der Waals surface area contributed by atoms with Crippen LogP contribution in [0, 0.1) is 5.41 Å². The fraction of sp³-hybridized carbons (Fsp3) is 0.455. The molecular formula is C33H43ClN4O9S. The number of anilines is 1. The Balaban J connectivity index is 1.76. The zero-order valence-corrected chi connectivity index (χ0v) is 29.4. The van der Waals surface area contributed by atoms with Gasteiger partial charge in [-0.15, -0.1) is 0 Å². The van der Waals surface area contributed by atoms with E-state index in [-0.39, 0.29) is 35.8 Å². The van der Waals surface area contributed by atoms with Crippen molar-refractivity contribution in [3.05, 3.63) is 64.7 Å². The van der Waals surface area contributed by atoms with Gasteiger partial charge in [-0.05, 0) is 77.4 Å². The average molecular weight is 707 g/mol. The predicted octanol–water partition coefficient (Wildman–Crippen LogP) is 4.61. The van der Waals surface area contributed by atoms with E-state index in [1.165, 1.54) is 6.07 Å². The van der Waals surface area contributed by atoms with Gasteiger partial charge in [0.25, 0.3) is 0 Å². The standard InChI is InChI=1S/C33H43ClN4O9S/c1-6-44-29(39)21-48(42,43)38(25-12-13-28(27(34)20-25)47-26-14-17-37(5)18-15-26)16-8-10-23-9-7-11-24(19-23)30(35)36-32(41)46-22-45-31(40)33(2,3)4/h7-13,19-20,26H,6,14-18,21-22H2,1-5H3,(H2,35,36,41)/b10-8+. The van der Waals surface area contributed by atoms with Crippen LogP contribution in [0.15, 0.2) is 53.5 Å². The molecule has 1 heterocycles. The number of sulfonamides is 1. The Morgan fingerprint density at radius 2 is 1.79 bits per heavy atom. The van der Waals surface area contributed by atoms with Crippen LogP contribution in [-0.2, 0) is 33.8 Å². The second-order valence-corrected chi connectivity index (χ2v) is 14.4. The third-order valence-corrected chi connectivity index (χ3v) is 8.99. The number of rotatable bonds is 13. The number of esters is 2. The molecule has 1 saturated heterocycles. The van der Waals surface area contributed by atoms with Crippen LogP contribution in [0.1, 0.15) is 51.7 Å². The van der Waals surface area contributed by atoms with Gasteiger partial charge in [0.1, 0.15) is 17.7 Å². The highest BCUT2D eigenvalue weighted by Crippen LogP contribution is 2.32. The molecule has 0 aromatic heterocycles. The maximum Gasteiger partial charge on any atom is 0.438 e. The van der Waals surface area contributed by atoms with Gasteiger partial charge in [0.15, 0.2) is 5.75 Å². The molecule has 1 amide bonds. The number of carbonyl (C=O) groups is 3. The SMILES string of the molecule is CCOC(=O)CS(=O)(=O)N(C/C=C/c1cccc(/C(N)=N/C(=O)OCOC(=O)C(C)(C)C)c1)c1ccc(OC2CCN(C)CC2)c(Cl)c1. The van der Waals surface area contributed by atoms with Crippen molar-refractivity contribution in [2.24, 2.45) is 16.1 Å². The first-order chi connectivity index (χ1) is 22.6. The molecule has 0 aliphatic carbocycles. The van der Waals surface area contributed by atoms with Crippen molar-refractivity contribution in [3.8, 4) is 5.75 Å². The number of likely N-dealkylation sites (tertiary alicyclic amines) is 1. The molecule has 15 heteroatoms. The molecule has 0 unspecified atom stereocenters. The molecule has 13 nitrogen and oxygen atoms in total. The molecule has 1 fully saturated rings. The van der Waals surface area contributed by atoms with Crippen molar-refractivity contribution in [2.75, 3.05) is 50.1 Å². The molecule has 262 valence electrons. The largest absolute Gasteiger partial charge is 0.489 e.